The number of rotatable bonds is 3. The highest BCUT2D eigenvalue weighted by atomic mass is 19.3. The molecule has 8 heteroatoms. The molecule has 1 atom stereocenters. The van der Waals surface area contributed by atoms with E-state index in [0.29, 0.717) is 53.3 Å². The summed E-state index contributed by atoms with van der Waals surface area (Å²) >= 11 is 0. The van der Waals surface area contributed by atoms with E-state index in [1.807, 2.05) is 17.6 Å². The zero-order chi connectivity index (χ0) is 20.9. The number of imidazole rings is 1. The number of hydrogen-bond acceptors (Lipinski definition) is 4. The van der Waals surface area contributed by atoms with E-state index in [2.05, 4.69) is 15.0 Å². The number of alkyl halides is 2. The van der Waals surface area contributed by atoms with Gasteiger partial charge in [-0.2, -0.15) is 0 Å². The molecule has 1 aliphatic carbocycles. The van der Waals surface area contributed by atoms with E-state index in [0.717, 1.165) is 10.9 Å². The van der Waals surface area contributed by atoms with Gasteiger partial charge in [0.25, 0.3) is 0 Å². The molecule has 1 unspecified atom stereocenters. The molecular formula is C22H19F2N5O. The van der Waals surface area contributed by atoms with Gasteiger partial charge < -0.3 is 9.09 Å². The van der Waals surface area contributed by atoms with Gasteiger partial charge in [-0.1, -0.05) is 11.2 Å². The van der Waals surface area contributed by atoms with Crippen LogP contribution in [-0.4, -0.2) is 25.6 Å². The molecule has 0 aliphatic heterocycles. The minimum absolute atomic E-state index is 0.0852. The van der Waals surface area contributed by atoms with Gasteiger partial charge in [-0.25, -0.2) is 18.6 Å². The van der Waals surface area contributed by atoms with Crippen molar-refractivity contribution in [2.45, 2.75) is 51.0 Å². The Bertz CT molecular complexity index is 1300. The largest absolute Gasteiger partial charge is 0.361 e. The minimum Gasteiger partial charge on any atom is -0.361 e. The van der Waals surface area contributed by atoms with Crippen LogP contribution in [-0.2, 0) is 6.42 Å². The lowest BCUT2D eigenvalue weighted by molar-refractivity contribution is -0.0493. The lowest BCUT2D eigenvalue weighted by Crippen LogP contribution is -2.28. The maximum absolute atomic E-state index is 14.3. The molecule has 3 aromatic heterocycles. The molecule has 1 saturated carbocycles. The van der Waals surface area contributed by atoms with Gasteiger partial charge in [0.2, 0.25) is 5.92 Å². The van der Waals surface area contributed by atoms with Gasteiger partial charge in [0, 0.05) is 30.3 Å². The average Bonchev–Trinajstić information content (AvgIpc) is 3.29. The molecule has 0 radical (unpaired) electrons. The second-order valence-corrected chi connectivity index (χ2v) is 7.92. The Hall–Kier alpha value is -3.34. The third kappa shape index (κ3) is 3.20. The molecule has 5 rings (SSSR count). The SMILES string of the molecule is [C-]#[N+]c1ccc2ncc3nc(Cc4cc(C)on4)n(C4CCCC(F)(F)C4)c3c2c1. The highest BCUT2D eigenvalue weighted by Gasteiger charge is 2.38. The van der Waals surface area contributed by atoms with Crippen molar-refractivity contribution in [2.75, 3.05) is 0 Å². The van der Waals surface area contributed by atoms with Crippen molar-refractivity contribution in [3.8, 4) is 0 Å². The van der Waals surface area contributed by atoms with E-state index in [1.165, 1.54) is 0 Å². The summed E-state index contributed by atoms with van der Waals surface area (Å²) in [5.74, 6) is -1.36. The van der Waals surface area contributed by atoms with Crippen molar-refractivity contribution >= 4 is 27.6 Å². The summed E-state index contributed by atoms with van der Waals surface area (Å²) in [5.41, 5.74) is 3.28. The predicted molar refractivity (Wildman–Crippen MR) is 108 cm³/mol. The second kappa shape index (κ2) is 6.87. The van der Waals surface area contributed by atoms with Crippen molar-refractivity contribution in [1.29, 1.82) is 0 Å². The van der Waals surface area contributed by atoms with Crippen molar-refractivity contribution in [3.63, 3.8) is 0 Å². The molecule has 0 saturated heterocycles. The molecule has 1 fully saturated rings. The maximum atomic E-state index is 14.3. The summed E-state index contributed by atoms with van der Waals surface area (Å²) in [5, 5.41) is 4.81. The summed E-state index contributed by atoms with van der Waals surface area (Å²) < 4.78 is 35.8. The minimum atomic E-state index is -2.70. The zero-order valence-corrected chi connectivity index (χ0v) is 16.4. The van der Waals surface area contributed by atoms with Gasteiger partial charge in [0.1, 0.15) is 17.1 Å². The summed E-state index contributed by atoms with van der Waals surface area (Å²) in [6, 6.07) is 6.70. The van der Waals surface area contributed by atoms with Crippen LogP contribution in [0.1, 0.15) is 49.0 Å². The number of pyridine rings is 1. The first-order valence-electron chi connectivity index (χ1n) is 9.90. The molecule has 1 aliphatic rings. The number of aryl methyl sites for hydroxylation is 1. The van der Waals surface area contributed by atoms with Crippen molar-refractivity contribution in [2.24, 2.45) is 0 Å². The summed E-state index contributed by atoms with van der Waals surface area (Å²) in [4.78, 5) is 12.7. The Balaban J connectivity index is 1.76. The Morgan fingerprint density at radius 2 is 2.17 bits per heavy atom. The number of halogens is 2. The fourth-order valence-electron chi connectivity index (χ4n) is 4.43. The first-order chi connectivity index (χ1) is 14.4. The van der Waals surface area contributed by atoms with Crippen molar-refractivity contribution in [1.82, 2.24) is 19.7 Å². The molecule has 0 spiro atoms. The fraction of sp³-hybridized carbons (Fsp3) is 0.364. The monoisotopic (exact) mass is 407 g/mol. The smallest absolute Gasteiger partial charge is 0.250 e. The zero-order valence-electron chi connectivity index (χ0n) is 16.4. The Morgan fingerprint density at radius 1 is 1.30 bits per heavy atom. The Morgan fingerprint density at radius 3 is 2.90 bits per heavy atom. The van der Waals surface area contributed by atoms with E-state index < -0.39 is 5.92 Å². The normalized spacial score (nSPS) is 18.7. The number of aromatic nitrogens is 4. The summed E-state index contributed by atoms with van der Waals surface area (Å²) in [6.45, 7) is 9.16. The molecule has 3 heterocycles. The first-order valence-corrected chi connectivity index (χ1v) is 9.90. The van der Waals surface area contributed by atoms with Crippen LogP contribution < -0.4 is 0 Å². The fourth-order valence-corrected chi connectivity index (χ4v) is 4.43. The summed E-state index contributed by atoms with van der Waals surface area (Å²) in [6.07, 6.45) is 2.84. The molecule has 152 valence electrons. The third-order valence-corrected chi connectivity index (χ3v) is 5.70. The highest BCUT2D eigenvalue weighted by molar-refractivity contribution is 6.03. The van der Waals surface area contributed by atoms with Gasteiger partial charge >= 0.3 is 0 Å². The van der Waals surface area contributed by atoms with Crippen molar-refractivity contribution < 1.29 is 13.3 Å². The van der Waals surface area contributed by atoms with Gasteiger partial charge in [-0.05, 0) is 31.9 Å². The van der Waals surface area contributed by atoms with Crippen LogP contribution in [0.2, 0.25) is 0 Å². The average molecular weight is 407 g/mol. The molecule has 0 N–H and O–H groups in total. The van der Waals surface area contributed by atoms with Gasteiger partial charge in [-0.15, -0.1) is 0 Å². The number of fused-ring (bicyclic) bond motifs is 3. The van der Waals surface area contributed by atoms with Crippen molar-refractivity contribution in [3.05, 3.63) is 59.2 Å². The molecule has 0 bridgehead atoms. The molecule has 4 aromatic rings. The van der Waals surface area contributed by atoms with Crippen LogP contribution in [0.5, 0.6) is 0 Å². The first kappa shape index (κ1) is 18.7. The number of hydrogen-bond donors (Lipinski definition) is 0. The van der Waals surface area contributed by atoms with Crippen LogP contribution in [0.4, 0.5) is 14.5 Å². The molecule has 0 amide bonds. The van der Waals surface area contributed by atoms with E-state index in [-0.39, 0.29) is 18.9 Å². The number of nitrogens with zero attached hydrogens (tertiary/aromatic N) is 5. The predicted octanol–water partition coefficient (Wildman–Crippen LogP) is 5.77. The van der Waals surface area contributed by atoms with Gasteiger partial charge in [0.05, 0.1) is 35.9 Å². The van der Waals surface area contributed by atoms with Crippen LogP contribution in [0.25, 0.3) is 26.8 Å². The lowest BCUT2D eigenvalue weighted by atomic mass is 9.91. The molecule has 30 heavy (non-hydrogen) atoms. The standard InChI is InChI=1S/C22H19F2N5O/c1-13-8-15(28-30-13)10-20-27-19-12-26-18-6-5-14(25-2)9-17(18)21(19)29(20)16-4-3-7-22(23,24)11-16/h5-6,8-9,12,16H,3-4,7,10-11H2,1H3. The van der Waals surface area contributed by atoms with Crippen LogP contribution in [0.3, 0.4) is 0 Å². The Labute approximate surface area is 171 Å². The van der Waals surface area contributed by atoms with E-state index >= 15 is 0 Å². The lowest BCUT2D eigenvalue weighted by Gasteiger charge is -2.31. The van der Waals surface area contributed by atoms with E-state index in [9.17, 15) is 8.78 Å². The van der Waals surface area contributed by atoms with Crippen LogP contribution >= 0.6 is 0 Å². The molecule has 6 nitrogen and oxygen atoms in total. The van der Waals surface area contributed by atoms with E-state index in [1.54, 1.807) is 24.4 Å². The maximum Gasteiger partial charge on any atom is 0.250 e. The van der Waals surface area contributed by atoms with E-state index in [4.69, 9.17) is 16.1 Å². The van der Waals surface area contributed by atoms with Crippen LogP contribution in [0, 0.1) is 13.5 Å². The van der Waals surface area contributed by atoms with Gasteiger partial charge in [-0.3, -0.25) is 4.98 Å². The number of benzene rings is 1. The Kier molecular flexibility index (Phi) is 4.28. The topological polar surface area (TPSA) is 61.1 Å². The molecular weight excluding hydrogens is 388 g/mol. The van der Waals surface area contributed by atoms with Crippen LogP contribution in [0.15, 0.2) is 35.0 Å². The van der Waals surface area contributed by atoms with Gasteiger partial charge in [0.15, 0.2) is 5.69 Å². The third-order valence-electron chi connectivity index (χ3n) is 5.70. The summed E-state index contributed by atoms with van der Waals surface area (Å²) in [7, 11) is 0. The molecule has 1 aromatic carbocycles. The quantitative estimate of drug-likeness (QED) is 0.404. The second-order valence-electron chi connectivity index (χ2n) is 7.92. The highest BCUT2D eigenvalue weighted by Crippen LogP contribution is 2.42.